The van der Waals surface area contributed by atoms with E-state index in [0.717, 1.165) is 69.4 Å². The van der Waals surface area contributed by atoms with Gasteiger partial charge < -0.3 is 15.1 Å². The van der Waals surface area contributed by atoms with Crippen LogP contribution in [0.5, 0.6) is 0 Å². The van der Waals surface area contributed by atoms with Gasteiger partial charge in [-0.2, -0.15) is 18.4 Å². The summed E-state index contributed by atoms with van der Waals surface area (Å²) in [6, 6.07) is 11.3. The van der Waals surface area contributed by atoms with E-state index >= 15 is 0 Å². The molecule has 1 N–H and O–H groups in total. The zero-order valence-corrected chi connectivity index (χ0v) is 20.7. The van der Waals surface area contributed by atoms with Gasteiger partial charge in [0.2, 0.25) is 0 Å². The van der Waals surface area contributed by atoms with Crippen molar-refractivity contribution in [2.45, 2.75) is 63.1 Å². The van der Waals surface area contributed by atoms with Crippen LogP contribution in [0.3, 0.4) is 0 Å². The molecule has 2 amide bonds. The SMILES string of the molecule is N#Cc1cccc(C2CCC(N(CCCN3CCCC3)C(=O)Nc3cc(F)cc(C(F)(F)F)c3)CC2)c1. The molecule has 2 aromatic carbocycles. The first-order chi connectivity index (χ1) is 17.7. The number of likely N-dealkylation sites (tertiary alicyclic amines) is 1. The van der Waals surface area contributed by atoms with E-state index in [1.54, 1.807) is 11.0 Å². The molecule has 1 aliphatic carbocycles. The van der Waals surface area contributed by atoms with E-state index in [2.05, 4.69) is 16.3 Å². The normalized spacial score (nSPS) is 20.4. The van der Waals surface area contributed by atoms with Crippen LogP contribution < -0.4 is 5.32 Å². The average Bonchev–Trinajstić information content (AvgIpc) is 3.39. The number of hydrogen-bond donors (Lipinski definition) is 1. The first-order valence-electron chi connectivity index (χ1n) is 12.9. The highest BCUT2D eigenvalue weighted by molar-refractivity contribution is 5.89. The number of halogens is 4. The van der Waals surface area contributed by atoms with Gasteiger partial charge in [-0.05, 0) is 106 Å². The summed E-state index contributed by atoms with van der Waals surface area (Å²) in [5.41, 5.74) is 0.394. The summed E-state index contributed by atoms with van der Waals surface area (Å²) < 4.78 is 53.4. The lowest BCUT2D eigenvalue weighted by Gasteiger charge is -2.37. The standard InChI is InChI=1S/C28H32F4N4O/c29-24-16-23(28(30,31)32)17-25(18-24)34-27(37)36(14-4-13-35-11-1-2-12-35)26-9-7-21(8-10-26)22-6-3-5-20(15-22)19-33/h3,5-6,15-18,21,26H,1-2,4,7-14H2,(H,34,37). The summed E-state index contributed by atoms with van der Waals surface area (Å²) in [7, 11) is 0. The molecule has 198 valence electrons. The second kappa shape index (κ2) is 12.0. The van der Waals surface area contributed by atoms with Gasteiger partial charge in [0, 0.05) is 18.3 Å². The van der Waals surface area contributed by atoms with Gasteiger partial charge >= 0.3 is 12.2 Å². The third-order valence-corrected chi connectivity index (χ3v) is 7.43. The number of urea groups is 1. The Morgan fingerprint density at radius 1 is 1.08 bits per heavy atom. The molecule has 5 nitrogen and oxygen atoms in total. The number of carbonyl (C=O) groups is 1. The zero-order valence-electron chi connectivity index (χ0n) is 20.7. The Labute approximate surface area is 215 Å². The van der Waals surface area contributed by atoms with Gasteiger partial charge in [0.15, 0.2) is 0 Å². The fourth-order valence-electron chi connectivity index (χ4n) is 5.52. The van der Waals surface area contributed by atoms with Crippen molar-refractivity contribution in [3.05, 3.63) is 65.0 Å². The van der Waals surface area contributed by atoms with Crippen LogP contribution in [0.25, 0.3) is 0 Å². The van der Waals surface area contributed by atoms with Gasteiger partial charge in [0.05, 0.1) is 17.2 Å². The largest absolute Gasteiger partial charge is 0.416 e. The molecule has 0 radical (unpaired) electrons. The van der Waals surface area contributed by atoms with Crippen molar-refractivity contribution in [3.63, 3.8) is 0 Å². The molecule has 1 aliphatic heterocycles. The van der Waals surface area contributed by atoms with E-state index in [1.165, 1.54) is 12.8 Å². The lowest BCUT2D eigenvalue weighted by Crippen LogP contribution is -2.45. The summed E-state index contributed by atoms with van der Waals surface area (Å²) in [4.78, 5) is 17.4. The second-order valence-corrected chi connectivity index (χ2v) is 9.99. The third kappa shape index (κ3) is 7.22. The van der Waals surface area contributed by atoms with Crippen LogP contribution in [0, 0.1) is 17.1 Å². The summed E-state index contributed by atoms with van der Waals surface area (Å²) in [6.45, 7) is 3.42. The number of nitriles is 1. The maximum absolute atomic E-state index is 13.9. The van der Waals surface area contributed by atoms with Crippen LogP contribution >= 0.6 is 0 Å². The van der Waals surface area contributed by atoms with E-state index < -0.39 is 23.6 Å². The van der Waals surface area contributed by atoms with Crippen LogP contribution in [-0.2, 0) is 6.18 Å². The monoisotopic (exact) mass is 516 g/mol. The molecule has 0 bridgehead atoms. The predicted octanol–water partition coefficient (Wildman–Crippen LogP) is 6.76. The Kier molecular flexibility index (Phi) is 8.70. The Bertz CT molecular complexity index is 1120. The van der Waals surface area contributed by atoms with Crippen molar-refractivity contribution in [3.8, 4) is 6.07 Å². The molecule has 4 rings (SSSR count). The molecule has 37 heavy (non-hydrogen) atoms. The number of anilines is 1. The smallest absolute Gasteiger partial charge is 0.322 e. The lowest BCUT2D eigenvalue weighted by atomic mass is 9.81. The molecule has 0 aromatic heterocycles. The first kappa shape index (κ1) is 26.9. The number of carbonyl (C=O) groups excluding carboxylic acids is 1. The molecule has 9 heteroatoms. The van der Waals surface area contributed by atoms with Gasteiger partial charge in [-0.15, -0.1) is 0 Å². The minimum Gasteiger partial charge on any atom is -0.322 e. The third-order valence-electron chi connectivity index (χ3n) is 7.43. The summed E-state index contributed by atoms with van der Waals surface area (Å²) in [5.74, 6) is -0.762. The van der Waals surface area contributed by atoms with E-state index in [1.807, 2.05) is 18.2 Å². The zero-order chi connectivity index (χ0) is 26.4. The molecule has 0 atom stereocenters. The van der Waals surface area contributed by atoms with Crippen LogP contribution in [0.4, 0.5) is 28.0 Å². The van der Waals surface area contributed by atoms with Crippen molar-refractivity contribution < 1.29 is 22.4 Å². The second-order valence-electron chi connectivity index (χ2n) is 9.99. The molecule has 2 aliphatic rings. The van der Waals surface area contributed by atoms with Gasteiger partial charge in [-0.1, -0.05) is 12.1 Å². The maximum Gasteiger partial charge on any atom is 0.416 e. The fourth-order valence-corrected chi connectivity index (χ4v) is 5.52. The Balaban J connectivity index is 1.45. The van der Waals surface area contributed by atoms with E-state index in [4.69, 9.17) is 0 Å². The van der Waals surface area contributed by atoms with Gasteiger partial charge in [-0.3, -0.25) is 0 Å². The number of nitrogens with one attached hydrogen (secondary N) is 1. The number of amides is 2. The Morgan fingerprint density at radius 2 is 1.81 bits per heavy atom. The minimum absolute atomic E-state index is 0.0652. The summed E-state index contributed by atoms with van der Waals surface area (Å²) in [5, 5.41) is 11.7. The molecular formula is C28H32F4N4O. The fraction of sp³-hybridized carbons (Fsp3) is 0.500. The average molecular weight is 517 g/mol. The van der Waals surface area contributed by atoms with Crippen molar-refractivity contribution >= 4 is 11.7 Å². The van der Waals surface area contributed by atoms with Gasteiger partial charge in [0.1, 0.15) is 5.82 Å². The minimum atomic E-state index is -4.71. The molecule has 2 fully saturated rings. The van der Waals surface area contributed by atoms with Crippen LogP contribution in [-0.4, -0.2) is 48.1 Å². The highest BCUT2D eigenvalue weighted by Crippen LogP contribution is 2.36. The van der Waals surface area contributed by atoms with Crippen molar-refractivity contribution in [1.29, 1.82) is 5.26 Å². The van der Waals surface area contributed by atoms with Crippen molar-refractivity contribution in [2.75, 3.05) is 31.5 Å². The molecule has 1 saturated carbocycles. The van der Waals surface area contributed by atoms with E-state index in [-0.39, 0.29) is 17.6 Å². The molecule has 0 spiro atoms. The summed E-state index contributed by atoms with van der Waals surface area (Å²) >= 11 is 0. The van der Waals surface area contributed by atoms with E-state index in [0.29, 0.717) is 18.2 Å². The maximum atomic E-state index is 13.9. The lowest BCUT2D eigenvalue weighted by molar-refractivity contribution is -0.137. The molecule has 2 aromatic rings. The highest BCUT2D eigenvalue weighted by atomic mass is 19.4. The van der Waals surface area contributed by atoms with Crippen LogP contribution in [0.15, 0.2) is 42.5 Å². The quantitative estimate of drug-likeness (QED) is 0.414. The molecule has 0 unspecified atom stereocenters. The number of rotatable bonds is 7. The van der Waals surface area contributed by atoms with Crippen LogP contribution in [0.2, 0.25) is 0 Å². The summed E-state index contributed by atoms with van der Waals surface area (Å²) in [6.07, 6.45) is 1.56. The van der Waals surface area contributed by atoms with Gasteiger partial charge in [0.25, 0.3) is 0 Å². The van der Waals surface area contributed by atoms with Crippen molar-refractivity contribution in [2.24, 2.45) is 0 Å². The first-order valence-corrected chi connectivity index (χ1v) is 12.9. The predicted molar refractivity (Wildman–Crippen MR) is 134 cm³/mol. The van der Waals surface area contributed by atoms with Crippen molar-refractivity contribution in [1.82, 2.24) is 9.80 Å². The Hall–Kier alpha value is -3.12. The number of benzene rings is 2. The number of alkyl halides is 3. The van der Waals surface area contributed by atoms with Crippen LogP contribution in [0.1, 0.15) is 67.6 Å². The topological polar surface area (TPSA) is 59.4 Å². The number of nitrogens with zero attached hydrogens (tertiary/aromatic N) is 3. The molecular weight excluding hydrogens is 484 g/mol. The molecule has 1 saturated heterocycles. The van der Waals surface area contributed by atoms with Gasteiger partial charge in [-0.25, -0.2) is 9.18 Å². The molecule has 1 heterocycles. The number of hydrogen-bond acceptors (Lipinski definition) is 3. The Morgan fingerprint density at radius 3 is 2.49 bits per heavy atom. The highest BCUT2D eigenvalue weighted by Gasteiger charge is 2.33. The van der Waals surface area contributed by atoms with E-state index in [9.17, 15) is 27.6 Å².